The van der Waals surface area contributed by atoms with Gasteiger partial charge < -0.3 is 14.5 Å². The molecule has 0 aliphatic carbocycles. The van der Waals surface area contributed by atoms with E-state index in [1.807, 2.05) is 29.2 Å². The SMILES string of the molecule is COCc1cccc(C(=O)N2CCN(c3ccccc3C)CC2)c1. The quantitative estimate of drug-likeness (QED) is 0.866. The number of hydrogen-bond acceptors (Lipinski definition) is 3. The highest BCUT2D eigenvalue weighted by atomic mass is 16.5. The molecule has 0 unspecified atom stereocenters. The molecule has 1 aliphatic heterocycles. The van der Waals surface area contributed by atoms with E-state index in [0.29, 0.717) is 6.61 Å². The molecule has 0 N–H and O–H groups in total. The molecule has 0 bridgehead atoms. The summed E-state index contributed by atoms with van der Waals surface area (Å²) in [7, 11) is 1.67. The highest BCUT2D eigenvalue weighted by Crippen LogP contribution is 2.21. The van der Waals surface area contributed by atoms with Gasteiger partial charge in [0.1, 0.15) is 0 Å². The predicted molar refractivity (Wildman–Crippen MR) is 96.5 cm³/mol. The first-order chi connectivity index (χ1) is 11.7. The summed E-state index contributed by atoms with van der Waals surface area (Å²) in [6.07, 6.45) is 0. The van der Waals surface area contributed by atoms with Crippen LogP contribution < -0.4 is 4.90 Å². The molecule has 126 valence electrons. The summed E-state index contributed by atoms with van der Waals surface area (Å²) >= 11 is 0. The number of para-hydroxylation sites is 1. The summed E-state index contributed by atoms with van der Waals surface area (Å²) in [6.45, 7) is 5.91. The lowest BCUT2D eigenvalue weighted by molar-refractivity contribution is 0.0746. The summed E-state index contributed by atoms with van der Waals surface area (Å²) in [5.41, 5.74) is 4.33. The largest absolute Gasteiger partial charge is 0.380 e. The number of amides is 1. The Kier molecular flexibility index (Phi) is 5.16. The van der Waals surface area contributed by atoms with Crippen molar-refractivity contribution in [2.24, 2.45) is 0 Å². The molecule has 0 atom stereocenters. The summed E-state index contributed by atoms with van der Waals surface area (Å²) < 4.78 is 5.15. The van der Waals surface area contributed by atoms with E-state index in [4.69, 9.17) is 4.74 Å². The third kappa shape index (κ3) is 3.60. The van der Waals surface area contributed by atoms with Crippen molar-refractivity contribution in [1.82, 2.24) is 4.90 Å². The van der Waals surface area contributed by atoms with Crippen molar-refractivity contribution in [3.05, 3.63) is 65.2 Å². The molecule has 4 nitrogen and oxygen atoms in total. The number of benzene rings is 2. The molecule has 3 rings (SSSR count). The van der Waals surface area contributed by atoms with E-state index in [2.05, 4.69) is 36.1 Å². The number of aryl methyl sites for hydroxylation is 1. The van der Waals surface area contributed by atoms with Crippen molar-refractivity contribution in [2.75, 3.05) is 38.2 Å². The summed E-state index contributed by atoms with van der Waals surface area (Å²) in [4.78, 5) is 17.0. The van der Waals surface area contributed by atoms with Crippen molar-refractivity contribution in [2.45, 2.75) is 13.5 Å². The minimum Gasteiger partial charge on any atom is -0.380 e. The van der Waals surface area contributed by atoms with Crippen molar-refractivity contribution in [1.29, 1.82) is 0 Å². The zero-order valence-electron chi connectivity index (χ0n) is 14.4. The van der Waals surface area contributed by atoms with Gasteiger partial charge in [-0.15, -0.1) is 0 Å². The van der Waals surface area contributed by atoms with Gasteiger partial charge in [-0.3, -0.25) is 4.79 Å². The second kappa shape index (κ2) is 7.49. The van der Waals surface area contributed by atoms with Crippen LogP contribution in [0, 0.1) is 6.92 Å². The first-order valence-corrected chi connectivity index (χ1v) is 8.37. The van der Waals surface area contributed by atoms with E-state index in [1.54, 1.807) is 7.11 Å². The number of methoxy groups -OCH3 is 1. The molecule has 1 saturated heterocycles. The number of hydrogen-bond donors (Lipinski definition) is 0. The molecule has 0 aromatic heterocycles. The minimum atomic E-state index is 0.109. The zero-order valence-corrected chi connectivity index (χ0v) is 14.4. The molecule has 0 saturated carbocycles. The van der Waals surface area contributed by atoms with Crippen LogP contribution in [-0.4, -0.2) is 44.1 Å². The molecule has 1 amide bonds. The first-order valence-electron chi connectivity index (χ1n) is 8.37. The number of anilines is 1. The van der Waals surface area contributed by atoms with Crippen LogP contribution in [0.25, 0.3) is 0 Å². The fraction of sp³-hybridized carbons (Fsp3) is 0.350. The molecule has 0 radical (unpaired) electrons. The average Bonchev–Trinajstić information content (AvgIpc) is 2.62. The Balaban J connectivity index is 1.65. The molecule has 1 aliphatic rings. The summed E-state index contributed by atoms with van der Waals surface area (Å²) in [5, 5.41) is 0. The fourth-order valence-corrected chi connectivity index (χ4v) is 3.21. The predicted octanol–water partition coefficient (Wildman–Crippen LogP) is 3.10. The van der Waals surface area contributed by atoms with Crippen molar-refractivity contribution >= 4 is 11.6 Å². The van der Waals surface area contributed by atoms with Gasteiger partial charge in [0.2, 0.25) is 0 Å². The van der Waals surface area contributed by atoms with Gasteiger partial charge in [-0.05, 0) is 36.2 Å². The Labute approximate surface area is 143 Å². The van der Waals surface area contributed by atoms with Gasteiger partial charge in [0.25, 0.3) is 5.91 Å². The van der Waals surface area contributed by atoms with E-state index >= 15 is 0 Å². The van der Waals surface area contributed by atoms with Crippen LogP contribution in [0.1, 0.15) is 21.5 Å². The van der Waals surface area contributed by atoms with Crippen LogP contribution in [0.2, 0.25) is 0 Å². The maximum Gasteiger partial charge on any atom is 0.253 e. The van der Waals surface area contributed by atoms with Gasteiger partial charge in [-0.1, -0.05) is 30.3 Å². The Hall–Kier alpha value is -2.33. The fourth-order valence-electron chi connectivity index (χ4n) is 3.21. The van der Waals surface area contributed by atoms with Gasteiger partial charge in [-0.2, -0.15) is 0 Å². The second-order valence-electron chi connectivity index (χ2n) is 6.20. The summed E-state index contributed by atoms with van der Waals surface area (Å²) in [5.74, 6) is 0.109. The molecular weight excluding hydrogens is 300 g/mol. The average molecular weight is 324 g/mol. The van der Waals surface area contributed by atoms with Crippen molar-refractivity contribution in [3.8, 4) is 0 Å². The first kappa shape index (κ1) is 16.5. The highest BCUT2D eigenvalue weighted by molar-refractivity contribution is 5.94. The topological polar surface area (TPSA) is 32.8 Å². The number of nitrogens with zero attached hydrogens (tertiary/aromatic N) is 2. The van der Waals surface area contributed by atoms with Gasteiger partial charge >= 0.3 is 0 Å². The van der Waals surface area contributed by atoms with Gasteiger partial charge in [0.05, 0.1) is 6.61 Å². The molecule has 24 heavy (non-hydrogen) atoms. The molecule has 2 aromatic carbocycles. The third-order valence-corrected chi connectivity index (χ3v) is 4.51. The molecule has 4 heteroatoms. The Morgan fingerprint density at radius 2 is 1.79 bits per heavy atom. The Morgan fingerprint density at radius 1 is 1.04 bits per heavy atom. The smallest absolute Gasteiger partial charge is 0.253 e. The van der Waals surface area contributed by atoms with E-state index < -0.39 is 0 Å². The molecular formula is C20H24N2O2. The zero-order chi connectivity index (χ0) is 16.9. The number of piperazine rings is 1. The van der Waals surface area contributed by atoms with Crippen LogP contribution in [0.3, 0.4) is 0 Å². The van der Waals surface area contributed by atoms with Gasteiger partial charge in [0.15, 0.2) is 0 Å². The number of carbonyl (C=O) groups is 1. The standard InChI is InChI=1S/C20H24N2O2/c1-16-6-3-4-9-19(16)21-10-12-22(13-11-21)20(23)18-8-5-7-17(14-18)15-24-2/h3-9,14H,10-13,15H2,1-2H3. The lowest BCUT2D eigenvalue weighted by Crippen LogP contribution is -2.49. The number of ether oxygens (including phenoxy) is 1. The minimum absolute atomic E-state index is 0.109. The molecule has 1 heterocycles. The monoisotopic (exact) mass is 324 g/mol. The van der Waals surface area contributed by atoms with Crippen LogP contribution >= 0.6 is 0 Å². The molecule has 1 fully saturated rings. The molecule has 0 spiro atoms. The van der Waals surface area contributed by atoms with E-state index in [1.165, 1.54) is 11.3 Å². The van der Waals surface area contributed by atoms with Crippen LogP contribution in [-0.2, 0) is 11.3 Å². The van der Waals surface area contributed by atoms with Crippen LogP contribution in [0.4, 0.5) is 5.69 Å². The number of carbonyl (C=O) groups excluding carboxylic acids is 1. The van der Waals surface area contributed by atoms with E-state index in [0.717, 1.165) is 37.3 Å². The Morgan fingerprint density at radius 3 is 2.50 bits per heavy atom. The maximum atomic E-state index is 12.7. The van der Waals surface area contributed by atoms with Crippen LogP contribution in [0.15, 0.2) is 48.5 Å². The lowest BCUT2D eigenvalue weighted by atomic mass is 10.1. The Bertz CT molecular complexity index is 706. The second-order valence-corrected chi connectivity index (χ2v) is 6.20. The van der Waals surface area contributed by atoms with Gasteiger partial charge in [0, 0.05) is 44.5 Å². The van der Waals surface area contributed by atoms with Crippen molar-refractivity contribution in [3.63, 3.8) is 0 Å². The van der Waals surface area contributed by atoms with Gasteiger partial charge in [-0.25, -0.2) is 0 Å². The van der Waals surface area contributed by atoms with E-state index in [-0.39, 0.29) is 5.91 Å². The normalized spacial score (nSPS) is 14.8. The highest BCUT2D eigenvalue weighted by Gasteiger charge is 2.23. The summed E-state index contributed by atoms with van der Waals surface area (Å²) in [6, 6.07) is 16.1. The van der Waals surface area contributed by atoms with Crippen molar-refractivity contribution < 1.29 is 9.53 Å². The van der Waals surface area contributed by atoms with E-state index in [9.17, 15) is 4.79 Å². The molecule has 2 aromatic rings. The lowest BCUT2D eigenvalue weighted by Gasteiger charge is -2.36. The maximum absolute atomic E-state index is 12.7. The third-order valence-electron chi connectivity index (χ3n) is 4.51. The van der Waals surface area contributed by atoms with Crippen LogP contribution in [0.5, 0.6) is 0 Å². The number of rotatable bonds is 4.